The summed E-state index contributed by atoms with van der Waals surface area (Å²) in [6.07, 6.45) is 2.26. The first-order valence-electron chi connectivity index (χ1n) is 6.59. The lowest BCUT2D eigenvalue weighted by Crippen LogP contribution is -2.42. The van der Waals surface area contributed by atoms with Crippen LogP contribution in [0.5, 0.6) is 0 Å². The number of primary amides is 1. The van der Waals surface area contributed by atoms with Crippen LogP contribution in [0.4, 0.5) is 11.4 Å². The number of hydrogen-bond donors (Lipinski definition) is 2. The maximum atomic E-state index is 11.3. The highest BCUT2D eigenvalue weighted by Crippen LogP contribution is 2.25. The number of piperidine rings is 1. The van der Waals surface area contributed by atoms with E-state index < -0.39 is 5.91 Å². The zero-order chi connectivity index (χ0) is 14.0. The van der Waals surface area contributed by atoms with Crippen LogP contribution in [0.3, 0.4) is 0 Å². The second-order valence-electron chi connectivity index (χ2n) is 5.28. The first kappa shape index (κ1) is 13.7. The van der Waals surface area contributed by atoms with E-state index in [0.29, 0.717) is 17.3 Å². The van der Waals surface area contributed by atoms with Crippen LogP contribution in [0.15, 0.2) is 18.2 Å². The van der Waals surface area contributed by atoms with Crippen LogP contribution in [0, 0.1) is 0 Å². The number of rotatable bonds is 3. The quantitative estimate of drug-likeness (QED) is 0.794. The van der Waals surface area contributed by atoms with Crippen molar-refractivity contribution < 1.29 is 4.79 Å². The Bertz CT molecular complexity index is 467. The predicted molar refractivity (Wildman–Crippen MR) is 78.3 cm³/mol. The summed E-state index contributed by atoms with van der Waals surface area (Å²) in [5, 5.41) is 0. The fourth-order valence-electron chi connectivity index (χ4n) is 2.57. The van der Waals surface area contributed by atoms with Gasteiger partial charge in [-0.2, -0.15) is 0 Å². The number of carbonyl (C=O) groups is 1. The molecule has 0 atom stereocenters. The normalized spacial score (nSPS) is 17.4. The van der Waals surface area contributed by atoms with E-state index in [1.54, 1.807) is 12.1 Å². The molecule has 0 radical (unpaired) electrons. The van der Waals surface area contributed by atoms with Crippen molar-refractivity contribution in [2.45, 2.75) is 18.9 Å². The van der Waals surface area contributed by atoms with Crippen LogP contribution in [0.2, 0.25) is 0 Å². The molecule has 4 N–H and O–H groups in total. The van der Waals surface area contributed by atoms with Gasteiger partial charge in [-0.3, -0.25) is 4.79 Å². The molecule has 1 saturated heterocycles. The first-order chi connectivity index (χ1) is 8.99. The SMILES string of the molecule is CN1CCC(N(C)c2ccc(N)c(C(N)=O)c2)CC1. The molecule has 1 aliphatic rings. The van der Waals surface area contributed by atoms with Crippen molar-refractivity contribution >= 4 is 17.3 Å². The van der Waals surface area contributed by atoms with E-state index in [1.165, 1.54) is 0 Å². The second kappa shape index (κ2) is 5.48. The highest BCUT2D eigenvalue weighted by atomic mass is 16.1. The Morgan fingerprint density at radius 3 is 2.58 bits per heavy atom. The van der Waals surface area contributed by atoms with Crippen LogP contribution < -0.4 is 16.4 Å². The van der Waals surface area contributed by atoms with Crippen molar-refractivity contribution in [3.05, 3.63) is 23.8 Å². The van der Waals surface area contributed by atoms with Gasteiger partial charge < -0.3 is 21.3 Å². The topological polar surface area (TPSA) is 75.6 Å². The Balaban J connectivity index is 2.17. The van der Waals surface area contributed by atoms with Crippen molar-refractivity contribution in [3.63, 3.8) is 0 Å². The van der Waals surface area contributed by atoms with Gasteiger partial charge in [-0.05, 0) is 51.2 Å². The predicted octanol–water partition coefficient (Wildman–Crippen LogP) is 0.898. The molecule has 1 aliphatic heterocycles. The number of benzene rings is 1. The average Bonchev–Trinajstić information content (AvgIpc) is 2.39. The van der Waals surface area contributed by atoms with Gasteiger partial charge in [0.2, 0.25) is 0 Å². The molecule has 0 bridgehead atoms. The summed E-state index contributed by atoms with van der Waals surface area (Å²) in [5.41, 5.74) is 12.9. The van der Waals surface area contributed by atoms with Gasteiger partial charge in [-0.1, -0.05) is 0 Å². The third kappa shape index (κ3) is 2.98. The van der Waals surface area contributed by atoms with Gasteiger partial charge in [0.1, 0.15) is 0 Å². The minimum Gasteiger partial charge on any atom is -0.398 e. The number of nitrogens with zero attached hydrogens (tertiary/aromatic N) is 2. The van der Waals surface area contributed by atoms with Crippen molar-refractivity contribution in [1.82, 2.24) is 4.90 Å². The first-order valence-corrected chi connectivity index (χ1v) is 6.59. The number of likely N-dealkylation sites (tertiary alicyclic amines) is 1. The zero-order valence-corrected chi connectivity index (χ0v) is 11.6. The Hall–Kier alpha value is -1.75. The van der Waals surface area contributed by atoms with E-state index in [0.717, 1.165) is 31.6 Å². The molecular formula is C14H22N4O. The number of amides is 1. The standard InChI is InChI=1S/C14H22N4O/c1-17-7-5-10(6-8-17)18(2)11-3-4-13(15)12(9-11)14(16)19/h3-4,9-10H,5-8,15H2,1-2H3,(H2,16,19). The average molecular weight is 262 g/mol. The Kier molecular flexibility index (Phi) is 3.95. The van der Waals surface area contributed by atoms with E-state index in [-0.39, 0.29) is 0 Å². The Morgan fingerprint density at radius 1 is 1.37 bits per heavy atom. The molecule has 1 amide bonds. The third-order valence-corrected chi connectivity index (χ3v) is 3.95. The van der Waals surface area contributed by atoms with Gasteiger partial charge in [0.15, 0.2) is 0 Å². The smallest absolute Gasteiger partial charge is 0.250 e. The van der Waals surface area contributed by atoms with Crippen molar-refractivity contribution in [1.29, 1.82) is 0 Å². The molecule has 0 aliphatic carbocycles. The van der Waals surface area contributed by atoms with E-state index >= 15 is 0 Å². The third-order valence-electron chi connectivity index (χ3n) is 3.95. The van der Waals surface area contributed by atoms with Crippen LogP contribution in [0.1, 0.15) is 23.2 Å². The summed E-state index contributed by atoms with van der Waals surface area (Å²) in [5.74, 6) is -0.476. The summed E-state index contributed by atoms with van der Waals surface area (Å²) in [6.45, 7) is 2.21. The zero-order valence-electron chi connectivity index (χ0n) is 11.6. The molecule has 0 spiro atoms. The Labute approximate surface area is 114 Å². The van der Waals surface area contributed by atoms with Gasteiger partial charge in [0, 0.05) is 24.5 Å². The molecule has 5 heteroatoms. The van der Waals surface area contributed by atoms with Crippen LogP contribution in [-0.4, -0.2) is 44.0 Å². The lowest BCUT2D eigenvalue weighted by atomic mass is 10.0. The summed E-state index contributed by atoms with van der Waals surface area (Å²) in [7, 11) is 4.21. The molecule has 0 saturated carbocycles. The maximum Gasteiger partial charge on any atom is 0.250 e. The molecule has 2 rings (SSSR count). The fourth-order valence-corrected chi connectivity index (χ4v) is 2.57. The van der Waals surface area contributed by atoms with Gasteiger partial charge in [0.05, 0.1) is 5.56 Å². The number of nitrogen functional groups attached to an aromatic ring is 1. The minimum atomic E-state index is -0.476. The molecule has 0 unspecified atom stereocenters. The highest BCUT2D eigenvalue weighted by Gasteiger charge is 2.21. The fraction of sp³-hybridized carbons (Fsp3) is 0.500. The van der Waals surface area contributed by atoms with Crippen LogP contribution in [0.25, 0.3) is 0 Å². The minimum absolute atomic E-state index is 0.400. The van der Waals surface area contributed by atoms with Crippen LogP contribution >= 0.6 is 0 Å². The van der Waals surface area contributed by atoms with Crippen molar-refractivity contribution in [2.75, 3.05) is 37.8 Å². The van der Waals surface area contributed by atoms with E-state index in [1.807, 2.05) is 6.07 Å². The number of nitrogens with two attached hydrogens (primary N) is 2. The summed E-state index contributed by atoms with van der Waals surface area (Å²) in [4.78, 5) is 15.9. The lowest BCUT2D eigenvalue weighted by Gasteiger charge is -2.36. The molecule has 1 heterocycles. The summed E-state index contributed by atoms with van der Waals surface area (Å²) < 4.78 is 0. The monoisotopic (exact) mass is 262 g/mol. The molecule has 1 aromatic carbocycles. The number of carbonyl (C=O) groups excluding carboxylic acids is 1. The maximum absolute atomic E-state index is 11.3. The second-order valence-corrected chi connectivity index (χ2v) is 5.28. The number of anilines is 2. The lowest BCUT2D eigenvalue weighted by molar-refractivity contribution is 0.100. The molecular weight excluding hydrogens is 240 g/mol. The molecule has 1 fully saturated rings. The molecule has 104 valence electrons. The van der Waals surface area contributed by atoms with Gasteiger partial charge in [-0.25, -0.2) is 0 Å². The van der Waals surface area contributed by atoms with Crippen molar-refractivity contribution in [3.8, 4) is 0 Å². The van der Waals surface area contributed by atoms with Crippen LogP contribution in [-0.2, 0) is 0 Å². The summed E-state index contributed by atoms with van der Waals surface area (Å²) >= 11 is 0. The largest absolute Gasteiger partial charge is 0.398 e. The van der Waals surface area contributed by atoms with E-state index in [4.69, 9.17) is 11.5 Å². The van der Waals surface area contributed by atoms with Gasteiger partial charge in [-0.15, -0.1) is 0 Å². The molecule has 5 nitrogen and oxygen atoms in total. The van der Waals surface area contributed by atoms with E-state index in [2.05, 4.69) is 23.9 Å². The van der Waals surface area contributed by atoms with Gasteiger partial charge in [0.25, 0.3) is 5.91 Å². The van der Waals surface area contributed by atoms with Crippen molar-refractivity contribution in [2.24, 2.45) is 5.73 Å². The highest BCUT2D eigenvalue weighted by molar-refractivity contribution is 5.99. The molecule has 1 aromatic rings. The molecule has 19 heavy (non-hydrogen) atoms. The number of hydrogen-bond acceptors (Lipinski definition) is 4. The molecule has 0 aromatic heterocycles. The Morgan fingerprint density at radius 2 is 2.00 bits per heavy atom. The van der Waals surface area contributed by atoms with E-state index in [9.17, 15) is 4.79 Å². The van der Waals surface area contributed by atoms with Gasteiger partial charge >= 0.3 is 0 Å². The summed E-state index contributed by atoms with van der Waals surface area (Å²) in [6, 6.07) is 5.98.